The number of hydrogen-bond donors (Lipinski definition) is 1. The second kappa shape index (κ2) is 7.52. The van der Waals surface area contributed by atoms with Crippen LogP contribution in [0.2, 0.25) is 0 Å². The van der Waals surface area contributed by atoms with E-state index >= 15 is 0 Å². The van der Waals surface area contributed by atoms with Crippen molar-refractivity contribution in [1.29, 1.82) is 0 Å². The van der Waals surface area contributed by atoms with E-state index in [0.717, 1.165) is 36.4 Å². The van der Waals surface area contributed by atoms with E-state index in [9.17, 15) is 0 Å². The average Bonchev–Trinajstić information content (AvgIpc) is 2.93. The lowest BCUT2D eigenvalue weighted by Crippen LogP contribution is -2.23. The molecule has 0 spiro atoms. The summed E-state index contributed by atoms with van der Waals surface area (Å²) in [7, 11) is 1.72. The fourth-order valence-corrected chi connectivity index (χ4v) is 3.26. The minimum atomic E-state index is 0.0893. The molecule has 0 bridgehead atoms. The maximum atomic E-state index is 5.55. The quantitative estimate of drug-likeness (QED) is 0.850. The summed E-state index contributed by atoms with van der Waals surface area (Å²) in [6.45, 7) is 7.26. The fraction of sp³-hybridized carbons (Fsp3) is 0.500. The highest BCUT2D eigenvalue weighted by Gasteiger charge is 2.23. The van der Waals surface area contributed by atoms with Crippen molar-refractivity contribution in [3.05, 3.63) is 39.9 Å². The lowest BCUT2D eigenvalue weighted by Gasteiger charge is -2.20. The number of nitrogens with zero attached hydrogens (tertiary/aromatic N) is 2. The van der Waals surface area contributed by atoms with Gasteiger partial charge in [0.2, 0.25) is 0 Å². The summed E-state index contributed by atoms with van der Waals surface area (Å²) in [5.74, 6) is 0.905. The molecule has 2 rings (SSSR count). The van der Waals surface area contributed by atoms with Crippen LogP contribution in [0.5, 0.6) is 5.75 Å². The van der Waals surface area contributed by atoms with Gasteiger partial charge in [0.15, 0.2) is 0 Å². The standard InChI is InChI=1S/C16H23N3OS/c1-5-7-13-16(21-19-18-13)15(17-6-2)12-10-11(3)8-9-14(12)20-4/h8-10,15,17H,5-7H2,1-4H3. The average molecular weight is 305 g/mol. The summed E-state index contributed by atoms with van der Waals surface area (Å²) in [6.07, 6.45) is 2.03. The van der Waals surface area contributed by atoms with Gasteiger partial charge in [-0.2, -0.15) is 0 Å². The molecule has 1 heterocycles. The van der Waals surface area contributed by atoms with E-state index in [4.69, 9.17) is 4.74 Å². The van der Waals surface area contributed by atoms with E-state index in [-0.39, 0.29) is 6.04 Å². The smallest absolute Gasteiger partial charge is 0.124 e. The summed E-state index contributed by atoms with van der Waals surface area (Å²) in [4.78, 5) is 1.20. The molecule has 1 atom stereocenters. The molecule has 1 aromatic heterocycles. The molecule has 0 aliphatic carbocycles. The van der Waals surface area contributed by atoms with E-state index in [0.29, 0.717) is 0 Å². The molecule has 0 saturated carbocycles. The molecule has 2 aromatic rings. The predicted molar refractivity (Wildman–Crippen MR) is 87.2 cm³/mol. The van der Waals surface area contributed by atoms with Gasteiger partial charge in [-0.25, -0.2) is 0 Å². The Hall–Kier alpha value is -1.46. The molecule has 0 saturated heterocycles. The predicted octanol–water partition coefficient (Wildman–Crippen LogP) is 3.51. The van der Waals surface area contributed by atoms with Gasteiger partial charge < -0.3 is 10.1 Å². The maximum absolute atomic E-state index is 5.55. The van der Waals surface area contributed by atoms with Crippen molar-refractivity contribution < 1.29 is 4.74 Å². The van der Waals surface area contributed by atoms with Gasteiger partial charge in [0.25, 0.3) is 0 Å². The van der Waals surface area contributed by atoms with Crippen molar-refractivity contribution in [2.45, 2.75) is 39.7 Å². The largest absolute Gasteiger partial charge is 0.496 e. The third-order valence-electron chi connectivity index (χ3n) is 3.44. The van der Waals surface area contributed by atoms with Crippen molar-refractivity contribution in [2.24, 2.45) is 0 Å². The maximum Gasteiger partial charge on any atom is 0.124 e. The van der Waals surface area contributed by atoms with Gasteiger partial charge in [-0.1, -0.05) is 42.5 Å². The van der Waals surface area contributed by atoms with Crippen LogP contribution in [0, 0.1) is 6.92 Å². The SMILES string of the molecule is CCCc1nnsc1C(NCC)c1cc(C)ccc1OC. The van der Waals surface area contributed by atoms with Crippen molar-refractivity contribution in [2.75, 3.05) is 13.7 Å². The van der Waals surface area contributed by atoms with Gasteiger partial charge in [0.1, 0.15) is 5.75 Å². The van der Waals surface area contributed by atoms with Crippen molar-refractivity contribution in [3.8, 4) is 5.75 Å². The van der Waals surface area contributed by atoms with E-state index in [1.165, 1.54) is 22.0 Å². The van der Waals surface area contributed by atoms with Crippen LogP contribution >= 0.6 is 11.5 Å². The highest BCUT2D eigenvalue weighted by molar-refractivity contribution is 7.05. The number of ether oxygens (including phenoxy) is 1. The lowest BCUT2D eigenvalue weighted by atomic mass is 9.99. The van der Waals surface area contributed by atoms with Crippen molar-refractivity contribution in [1.82, 2.24) is 14.9 Å². The van der Waals surface area contributed by atoms with E-state index in [1.54, 1.807) is 7.11 Å². The molecular formula is C16H23N3OS. The van der Waals surface area contributed by atoms with Crippen LogP contribution in [0.15, 0.2) is 18.2 Å². The third kappa shape index (κ3) is 3.60. The Morgan fingerprint density at radius 3 is 2.81 bits per heavy atom. The summed E-state index contributed by atoms with van der Waals surface area (Å²) in [6, 6.07) is 6.37. The highest BCUT2D eigenvalue weighted by atomic mass is 32.1. The Bertz CT molecular complexity index is 583. The lowest BCUT2D eigenvalue weighted by molar-refractivity contribution is 0.404. The Morgan fingerprint density at radius 2 is 2.14 bits per heavy atom. The Balaban J connectivity index is 2.47. The zero-order chi connectivity index (χ0) is 15.2. The number of aromatic nitrogens is 2. The van der Waals surface area contributed by atoms with Crippen LogP contribution < -0.4 is 10.1 Å². The van der Waals surface area contributed by atoms with Crippen LogP contribution in [-0.2, 0) is 6.42 Å². The number of aryl methyl sites for hydroxylation is 2. The van der Waals surface area contributed by atoms with E-state index < -0.39 is 0 Å². The molecule has 21 heavy (non-hydrogen) atoms. The Morgan fingerprint density at radius 1 is 1.33 bits per heavy atom. The van der Waals surface area contributed by atoms with Gasteiger partial charge in [-0.15, -0.1) is 5.10 Å². The van der Waals surface area contributed by atoms with Gasteiger partial charge in [0, 0.05) is 5.56 Å². The Kier molecular flexibility index (Phi) is 5.70. The number of nitrogens with one attached hydrogen (secondary N) is 1. The second-order valence-corrected chi connectivity index (χ2v) is 5.86. The van der Waals surface area contributed by atoms with Gasteiger partial charge >= 0.3 is 0 Å². The summed E-state index contributed by atoms with van der Waals surface area (Å²) < 4.78 is 9.71. The normalized spacial score (nSPS) is 12.4. The highest BCUT2D eigenvalue weighted by Crippen LogP contribution is 2.34. The first-order valence-electron chi connectivity index (χ1n) is 7.40. The monoisotopic (exact) mass is 305 g/mol. The molecule has 0 aliphatic heterocycles. The van der Waals surface area contributed by atoms with Crippen LogP contribution in [0.3, 0.4) is 0 Å². The van der Waals surface area contributed by atoms with Gasteiger partial charge in [-0.3, -0.25) is 0 Å². The van der Waals surface area contributed by atoms with Crippen molar-refractivity contribution in [3.63, 3.8) is 0 Å². The molecule has 0 aliphatic rings. The molecular weight excluding hydrogens is 282 g/mol. The molecule has 5 heteroatoms. The van der Waals surface area contributed by atoms with Crippen LogP contribution in [0.4, 0.5) is 0 Å². The van der Waals surface area contributed by atoms with Gasteiger partial charge in [-0.05, 0) is 37.5 Å². The number of benzene rings is 1. The molecule has 0 amide bonds. The summed E-state index contributed by atoms with van der Waals surface area (Å²) in [5, 5.41) is 7.85. The van der Waals surface area contributed by atoms with Crippen LogP contribution in [-0.4, -0.2) is 23.2 Å². The second-order valence-electron chi connectivity index (χ2n) is 5.07. The first kappa shape index (κ1) is 15.9. The summed E-state index contributed by atoms with van der Waals surface area (Å²) >= 11 is 1.48. The molecule has 1 unspecified atom stereocenters. The van der Waals surface area contributed by atoms with Gasteiger partial charge in [0.05, 0.1) is 23.7 Å². The molecule has 0 fully saturated rings. The molecule has 0 radical (unpaired) electrons. The zero-order valence-corrected chi connectivity index (χ0v) is 14.0. The molecule has 1 N–H and O–H groups in total. The first-order chi connectivity index (χ1) is 10.2. The Labute approximate surface area is 130 Å². The zero-order valence-electron chi connectivity index (χ0n) is 13.1. The first-order valence-corrected chi connectivity index (χ1v) is 8.17. The molecule has 114 valence electrons. The van der Waals surface area contributed by atoms with Crippen LogP contribution in [0.1, 0.15) is 48.0 Å². The fourth-order valence-electron chi connectivity index (χ4n) is 2.47. The number of hydrogen-bond acceptors (Lipinski definition) is 5. The topological polar surface area (TPSA) is 47.0 Å². The molecule has 1 aromatic carbocycles. The van der Waals surface area contributed by atoms with Crippen molar-refractivity contribution >= 4 is 11.5 Å². The molecule has 4 nitrogen and oxygen atoms in total. The number of methoxy groups -OCH3 is 1. The summed E-state index contributed by atoms with van der Waals surface area (Å²) in [5.41, 5.74) is 3.47. The minimum Gasteiger partial charge on any atom is -0.496 e. The number of rotatable bonds is 7. The van der Waals surface area contributed by atoms with Crippen LogP contribution in [0.25, 0.3) is 0 Å². The van der Waals surface area contributed by atoms with E-state index in [2.05, 4.69) is 47.8 Å². The van der Waals surface area contributed by atoms with E-state index in [1.807, 2.05) is 6.07 Å². The third-order valence-corrected chi connectivity index (χ3v) is 4.27. The minimum absolute atomic E-state index is 0.0893.